The number of carbonyl (C=O) groups excluding carboxylic acids is 1. The van der Waals surface area contributed by atoms with Crippen molar-refractivity contribution < 1.29 is 18.3 Å². The summed E-state index contributed by atoms with van der Waals surface area (Å²) in [5.74, 6) is -0.236. The fourth-order valence-corrected chi connectivity index (χ4v) is 4.04. The number of nitrogens with two attached hydrogens (primary N) is 1. The van der Waals surface area contributed by atoms with Crippen molar-refractivity contribution in [3.63, 3.8) is 0 Å². The number of alkyl halides is 2. The van der Waals surface area contributed by atoms with Crippen molar-refractivity contribution in [2.45, 2.75) is 39.3 Å². The SMILES string of the molecule is C/C=C/c1cccc(C2(C3=CC(C)=C(OC(F)F)C(C)C3)N=C(N)N(C)C2=O)c1. The van der Waals surface area contributed by atoms with E-state index in [9.17, 15) is 13.6 Å². The quantitative estimate of drug-likeness (QED) is 0.805. The second-order valence-electron chi connectivity index (χ2n) is 7.37. The summed E-state index contributed by atoms with van der Waals surface area (Å²) in [6.45, 7) is 2.52. The third-order valence-electron chi connectivity index (χ3n) is 5.34. The van der Waals surface area contributed by atoms with Gasteiger partial charge in [-0.25, -0.2) is 4.99 Å². The number of carbonyl (C=O) groups is 1. The molecule has 1 heterocycles. The molecular weight excluding hydrogens is 376 g/mol. The molecule has 1 aromatic rings. The zero-order valence-electron chi connectivity index (χ0n) is 16.9. The first kappa shape index (κ1) is 20.8. The average molecular weight is 401 g/mol. The van der Waals surface area contributed by atoms with Gasteiger partial charge in [0, 0.05) is 13.0 Å². The van der Waals surface area contributed by atoms with Gasteiger partial charge >= 0.3 is 6.61 Å². The molecule has 2 atom stereocenters. The van der Waals surface area contributed by atoms with E-state index in [1.807, 2.05) is 43.3 Å². The first-order chi connectivity index (χ1) is 13.7. The molecule has 1 aliphatic heterocycles. The van der Waals surface area contributed by atoms with E-state index in [-0.39, 0.29) is 23.5 Å². The van der Waals surface area contributed by atoms with Crippen molar-refractivity contribution in [3.8, 4) is 0 Å². The van der Waals surface area contributed by atoms with Gasteiger partial charge in [-0.2, -0.15) is 8.78 Å². The third kappa shape index (κ3) is 3.57. The van der Waals surface area contributed by atoms with E-state index in [1.165, 1.54) is 4.90 Å². The Morgan fingerprint density at radius 2 is 2.14 bits per heavy atom. The number of likely N-dealkylation sites (N-methyl/N-ethyl adjacent to an activating group) is 1. The van der Waals surface area contributed by atoms with Gasteiger partial charge in [-0.3, -0.25) is 9.69 Å². The molecule has 0 bridgehead atoms. The van der Waals surface area contributed by atoms with Gasteiger partial charge in [0.25, 0.3) is 5.91 Å². The Hall–Kier alpha value is -2.96. The van der Waals surface area contributed by atoms with Crippen LogP contribution in [0.4, 0.5) is 8.78 Å². The van der Waals surface area contributed by atoms with Crippen LogP contribution in [0.15, 0.2) is 58.3 Å². The van der Waals surface area contributed by atoms with Crippen molar-refractivity contribution in [2.75, 3.05) is 7.05 Å². The smallest absolute Gasteiger partial charge is 0.387 e. The molecule has 154 valence electrons. The van der Waals surface area contributed by atoms with Gasteiger partial charge in [0.1, 0.15) is 5.76 Å². The molecule has 1 aliphatic carbocycles. The molecule has 2 aliphatic rings. The first-order valence-electron chi connectivity index (χ1n) is 9.44. The molecule has 0 aromatic heterocycles. The lowest BCUT2D eigenvalue weighted by Gasteiger charge is -2.33. The Bertz CT molecular complexity index is 949. The minimum absolute atomic E-state index is 0.122. The monoisotopic (exact) mass is 401 g/mol. The lowest BCUT2D eigenvalue weighted by Crippen LogP contribution is -2.42. The summed E-state index contributed by atoms with van der Waals surface area (Å²) in [5, 5.41) is 0. The van der Waals surface area contributed by atoms with Crippen LogP contribution in [0, 0.1) is 5.92 Å². The highest BCUT2D eigenvalue weighted by Crippen LogP contribution is 2.46. The van der Waals surface area contributed by atoms with Crippen molar-refractivity contribution in [1.82, 2.24) is 4.90 Å². The Labute approximate surface area is 169 Å². The van der Waals surface area contributed by atoms with Crippen molar-refractivity contribution >= 4 is 17.9 Å². The van der Waals surface area contributed by atoms with Gasteiger partial charge in [0.2, 0.25) is 0 Å². The van der Waals surface area contributed by atoms with Gasteiger partial charge in [0.05, 0.1) is 0 Å². The predicted molar refractivity (Wildman–Crippen MR) is 109 cm³/mol. The minimum atomic E-state index is -2.89. The van der Waals surface area contributed by atoms with Crippen LogP contribution in [0.2, 0.25) is 0 Å². The van der Waals surface area contributed by atoms with E-state index in [1.54, 1.807) is 27.0 Å². The van der Waals surface area contributed by atoms with E-state index < -0.39 is 12.2 Å². The fourth-order valence-electron chi connectivity index (χ4n) is 4.04. The molecule has 1 aromatic carbocycles. The van der Waals surface area contributed by atoms with E-state index in [0.29, 0.717) is 23.1 Å². The lowest BCUT2D eigenvalue weighted by atomic mass is 9.75. The molecular formula is C22H25F2N3O2. The van der Waals surface area contributed by atoms with E-state index in [2.05, 4.69) is 4.99 Å². The second-order valence-corrected chi connectivity index (χ2v) is 7.37. The van der Waals surface area contributed by atoms with Gasteiger partial charge in [0.15, 0.2) is 11.5 Å². The summed E-state index contributed by atoms with van der Waals surface area (Å²) >= 11 is 0. The topological polar surface area (TPSA) is 67.9 Å². The highest BCUT2D eigenvalue weighted by Gasteiger charge is 2.51. The molecule has 2 unspecified atom stereocenters. The number of nitrogens with zero attached hydrogens (tertiary/aromatic N) is 2. The second kappa shape index (κ2) is 7.81. The summed E-state index contributed by atoms with van der Waals surface area (Å²) in [4.78, 5) is 19.3. The minimum Gasteiger partial charge on any atom is -0.439 e. The number of hydrogen-bond donors (Lipinski definition) is 1. The Morgan fingerprint density at radius 3 is 2.69 bits per heavy atom. The van der Waals surface area contributed by atoms with Gasteiger partial charge in [-0.1, -0.05) is 43.4 Å². The summed E-state index contributed by atoms with van der Waals surface area (Å²) < 4.78 is 30.3. The summed E-state index contributed by atoms with van der Waals surface area (Å²) in [6, 6.07) is 7.55. The fraction of sp³-hybridized carbons (Fsp3) is 0.364. The van der Waals surface area contributed by atoms with Gasteiger partial charge in [-0.05, 0) is 48.6 Å². The molecule has 3 rings (SSSR count). The van der Waals surface area contributed by atoms with E-state index >= 15 is 0 Å². The summed E-state index contributed by atoms with van der Waals surface area (Å²) in [7, 11) is 1.58. The largest absolute Gasteiger partial charge is 0.439 e. The Kier molecular flexibility index (Phi) is 5.59. The maximum absolute atomic E-state index is 13.4. The molecule has 0 fully saturated rings. The molecule has 0 saturated carbocycles. The van der Waals surface area contributed by atoms with E-state index in [0.717, 1.165) is 5.56 Å². The van der Waals surface area contributed by atoms with Crippen LogP contribution in [0.5, 0.6) is 0 Å². The lowest BCUT2D eigenvalue weighted by molar-refractivity contribution is -0.129. The molecule has 29 heavy (non-hydrogen) atoms. The van der Waals surface area contributed by atoms with Crippen LogP contribution in [0.25, 0.3) is 6.08 Å². The zero-order valence-corrected chi connectivity index (χ0v) is 16.9. The molecule has 2 N–H and O–H groups in total. The molecule has 5 nitrogen and oxygen atoms in total. The predicted octanol–water partition coefficient (Wildman–Crippen LogP) is 4.18. The van der Waals surface area contributed by atoms with Gasteiger partial charge in [-0.15, -0.1) is 0 Å². The van der Waals surface area contributed by atoms with Crippen molar-refractivity contribution in [1.29, 1.82) is 0 Å². The third-order valence-corrected chi connectivity index (χ3v) is 5.34. The Balaban J connectivity index is 2.21. The maximum atomic E-state index is 13.4. The first-order valence-corrected chi connectivity index (χ1v) is 9.44. The molecule has 7 heteroatoms. The standard InChI is InChI=1S/C22H25F2N3O2/c1-5-7-15-8-6-9-16(12-15)22(19(28)27(4)21(25)26-22)17-10-13(2)18(14(3)11-17)29-20(23)24/h5-10,12,14,20H,11H2,1-4H3,(H2,25,26)/b7-5+. The maximum Gasteiger partial charge on any atom is 0.387 e. The number of amides is 1. The number of hydrogen-bond acceptors (Lipinski definition) is 4. The van der Waals surface area contributed by atoms with Crippen LogP contribution < -0.4 is 5.73 Å². The molecule has 0 saturated heterocycles. The van der Waals surface area contributed by atoms with E-state index in [4.69, 9.17) is 10.5 Å². The summed E-state index contributed by atoms with van der Waals surface area (Å²) in [5.41, 5.74) is 7.59. The van der Waals surface area contributed by atoms with Gasteiger partial charge < -0.3 is 10.5 Å². The Morgan fingerprint density at radius 1 is 1.41 bits per heavy atom. The van der Waals surface area contributed by atoms with Crippen LogP contribution in [0.3, 0.4) is 0 Å². The van der Waals surface area contributed by atoms with Crippen LogP contribution in [0.1, 0.15) is 38.3 Å². The number of allylic oxidation sites excluding steroid dienone is 4. The highest BCUT2D eigenvalue weighted by atomic mass is 19.3. The number of rotatable bonds is 5. The van der Waals surface area contributed by atoms with Crippen LogP contribution in [-0.2, 0) is 15.1 Å². The highest BCUT2D eigenvalue weighted by molar-refractivity contribution is 6.09. The number of guanidine groups is 1. The number of benzene rings is 1. The molecule has 1 amide bonds. The van der Waals surface area contributed by atoms with Crippen LogP contribution in [-0.4, -0.2) is 30.4 Å². The molecule has 0 spiro atoms. The number of halogens is 2. The average Bonchev–Trinajstić information content (AvgIpc) is 2.90. The summed E-state index contributed by atoms with van der Waals surface area (Å²) in [6.07, 6.45) is 5.93. The van der Waals surface area contributed by atoms with Crippen molar-refractivity contribution in [3.05, 3.63) is 64.4 Å². The van der Waals surface area contributed by atoms with Crippen LogP contribution >= 0.6 is 0 Å². The zero-order chi connectivity index (χ0) is 21.3. The number of aliphatic imine (C=N–C) groups is 1. The normalized spacial score (nSPS) is 25.1. The van der Waals surface area contributed by atoms with Crippen molar-refractivity contribution in [2.24, 2.45) is 16.6 Å². The number of ether oxygens (including phenoxy) is 1. The molecule has 0 radical (unpaired) electrons.